The van der Waals surface area contributed by atoms with Crippen molar-refractivity contribution in [2.45, 2.75) is 40.2 Å². The summed E-state index contributed by atoms with van der Waals surface area (Å²) in [5.41, 5.74) is 3.60. The minimum Gasteiger partial charge on any atom is -0.492 e. The number of aryl methyl sites for hydroxylation is 2. The van der Waals surface area contributed by atoms with Crippen molar-refractivity contribution in [1.29, 1.82) is 0 Å². The summed E-state index contributed by atoms with van der Waals surface area (Å²) in [7, 11) is 1.99. The fraction of sp³-hybridized carbons (Fsp3) is 0.500. The molecule has 0 aliphatic heterocycles. The first kappa shape index (κ1) is 21.3. The van der Waals surface area contributed by atoms with Gasteiger partial charge in [-0.15, -0.1) is 0 Å². The predicted octanol–water partition coefficient (Wildman–Crippen LogP) is 3.36. The van der Waals surface area contributed by atoms with E-state index >= 15 is 0 Å². The summed E-state index contributed by atoms with van der Waals surface area (Å²) < 4.78 is 8.71. The van der Waals surface area contributed by atoms with Crippen LogP contribution in [0.15, 0.2) is 33.7 Å². The second kappa shape index (κ2) is 10.3. The Kier molecular flexibility index (Phi) is 8.16. The molecule has 148 valence electrons. The summed E-state index contributed by atoms with van der Waals surface area (Å²) in [6, 6.07) is 8.06. The van der Waals surface area contributed by atoms with Crippen molar-refractivity contribution in [2.75, 3.05) is 19.7 Å². The molecule has 2 aromatic rings. The summed E-state index contributed by atoms with van der Waals surface area (Å²) in [6.45, 7) is 10.3. The van der Waals surface area contributed by atoms with Crippen molar-refractivity contribution in [1.82, 2.24) is 20.4 Å². The van der Waals surface area contributed by atoms with E-state index in [0.717, 1.165) is 34.8 Å². The van der Waals surface area contributed by atoms with Gasteiger partial charge in [-0.3, -0.25) is 4.68 Å². The molecule has 0 saturated carbocycles. The van der Waals surface area contributed by atoms with E-state index in [4.69, 9.17) is 4.74 Å². The quantitative estimate of drug-likeness (QED) is 0.379. The van der Waals surface area contributed by atoms with Crippen molar-refractivity contribution in [2.24, 2.45) is 12.0 Å². The zero-order valence-corrected chi connectivity index (χ0v) is 18.4. The van der Waals surface area contributed by atoms with Crippen LogP contribution < -0.4 is 15.4 Å². The molecule has 1 aromatic heterocycles. The lowest BCUT2D eigenvalue weighted by Gasteiger charge is -2.18. The number of aliphatic imine (C=N–C) groups is 1. The SMILES string of the molecule is CCNC(=NCCOc1ccc(Br)cc1)NC(C)Cc1c(C)nn(C)c1C. The lowest BCUT2D eigenvalue weighted by Crippen LogP contribution is -2.43. The van der Waals surface area contributed by atoms with Crippen LogP contribution in [0.2, 0.25) is 0 Å². The second-order valence-electron chi connectivity index (χ2n) is 6.59. The number of hydrogen-bond donors (Lipinski definition) is 2. The summed E-state index contributed by atoms with van der Waals surface area (Å²) >= 11 is 3.42. The van der Waals surface area contributed by atoms with Gasteiger partial charge in [-0.1, -0.05) is 15.9 Å². The lowest BCUT2D eigenvalue weighted by molar-refractivity contribution is 0.328. The maximum absolute atomic E-state index is 5.73. The van der Waals surface area contributed by atoms with E-state index in [1.165, 1.54) is 11.3 Å². The minimum absolute atomic E-state index is 0.247. The molecule has 2 N–H and O–H groups in total. The van der Waals surface area contributed by atoms with E-state index in [0.29, 0.717) is 13.2 Å². The second-order valence-corrected chi connectivity index (χ2v) is 7.50. The summed E-state index contributed by atoms with van der Waals surface area (Å²) in [4.78, 5) is 4.62. The number of guanidine groups is 1. The van der Waals surface area contributed by atoms with Crippen LogP contribution in [0.4, 0.5) is 0 Å². The normalized spacial score (nSPS) is 12.7. The van der Waals surface area contributed by atoms with Crippen LogP contribution in [0.25, 0.3) is 0 Å². The Hall–Kier alpha value is -2.02. The topological polar surface area (TPSA) is 63.5 Å². The van der Waals surface area contributed by atoms with Gasteiger partial charge in [0.2, 0.25) is 0 Å². The molecule has 2 rings (SSSR count). The fourth-order valence-corrected chi connectivity index (χ4v) is 3.14. The molecule has 1 atom stereocenters. The molecular formula is C20H30BrN5O. The molecule has 7 heteroatoms. The molecule has 0 radical (unpaired) electrons. The van der Waals surface area contributed by atoms with E-state index in [2.05, 4.69) is 64.3 Å². The number of aromatic nitrogens is 2. The molecular weight excluding hydrogens is 406 g/mol. The summed E-state index contributed by atoms with van der Waals surface area (Å²) in [5, 5.41) is 11.3. The number of nitrogens with zero attached hydrogens (tertiary/aromatic N) is 3. The highest BCUT2D eigenvalue weighted by Crippen LogP contribution is 2.16. The monoisotopic (exact) mass is 435 g/mol. The molecule has 0 saturated heterocycles. The summed E-state index contributed by atoms with van der Waals surface area (Å²) in [6.07, 6.45) is 0.908. The van der Waals surface area contributed by atoms with Gasteiger partial charge < -0.3 is 15.4 Å². The Labute approximate surface area is 170 Å². The first-order chi connectivity index (χ1) is 12.9. The molecule has 0 amide bonds. The van der Waals surface area contributed by atoms with Gasteiger partial charge in [0.05, 0.1) is 12.2 Å². The first-order valence-electron chi connectivity index (χ1n) is 9.33. The van der Waals surface area contributed by atoms with Crippen LogP contribution in [0.3, 0.4) is 0 Å². The van der Waals surface area contributed by atoms with Gasteiger partial charge in [-0.2, -0.15) is 5.10 Å². The largest absolute Gasteiger partial charge is 0.492 e. The first-order valence-corrected chi connectivity index (χ1v) is 10.1. The number of rotatable bonds is 8. The predicted molar refractivity (Wildman–Crippen MR) is 115 cm³/mol. The van der Waals surface area contributed by atoms with Gasteiger partial charge in [0.25, 0.3) is 0 Å². The van der Waals surface area contributed by atoms with E-state index in [1.807, 2.05) is 36.0 Å². The fourth-order valence-electron chi connectivity index (χ4n) is 2.88. The molecule has 27 heavy (non-hydrogen) atoms. The Morgan fingerprint density at radius 1 is 1.30 bits per heavy atom. The number of hydrogen-bond acceptors (Lipinski definition) is 3. The number of benzene rings is 1. The van der Waals surface area contributed by atoms with Crippen LogP contribution in [0.5, 0.6) is 5.75 Å². The minimum atomic E-state index is 0.247. The van der Waals surface area contributed by atoms with Crippen molar-refractivity contribution in [3.63, 3.8) is 0 Å². The lowest BCUT2D eigenvalue weighted by atomic mass is 10.1. The molecule has 0 bridgehead atoms. The highest BCUT2D eigenvalue weighted by Gasteiger charge is 2.13. The highest BCUT2D eigenvalue weighted by atomic mass is 79.9. The van der Waals surface area contributed by atoms with Gasteiger partial charge in [-0.05, 0) is 63.9 Å². The molecule has 1 aromatic carbocycles. The standard InChI is InChI=1S/C20H30BrN5O/c1-6-22-20(23-11-12-27-18-9-7-17(21)8-10-18)24-14(2)13-19-15(3)25-26(5)16(19)4/h7-10,14H,6,11-13H2,1-5H3,(H2,22,23,24). The third kappa shape index (κ3) is 6.57. The maximum atomic E-state index is 5.73. The van der Waals surface area contributed by atoms with Crippen molar-refractivity contribution in [3.05, 3.63) is 45.7 Å². The zero-order chi connectivity index (χ0) is 19.8. The maximum Gasteiger partial charge on any atom is 0.191 e. The zero-order valence-electron chi connectivity index (χ0n) is 16.8. The van der Waals surface area contributed by atoms with E-state index in [9.17, 15) is 0 Å². The van der Waals surface area contributed by atoms with Gasteiger partial charge in [0.1, 0.15) is 12.4 Å². The van der Waals surface area contributed by atoms with Crippen LogP contribution in [-0.4, -0.2) is 41.5 Å². The van der Waals surface area contributed by atoms with Crippen LogP contribution in [0, 0.1) is 13.8 Å². The van der Waals surface area contributed by atoms with Crippen molar-refractivity contribution >= 4 is 21.9 Å². The highest BCUT2D eigenvalue weighted by molar-refractivity contribution is 9.10. The third-order valence-electron chi connectivity index (χ3n) is 4.34. The molecule has 0 spiro atoms. The van der Waals surface area contributed by atoms with Crippen LogP contribution in [-0.2, 0) is 13.5 Å². The molecule has 0 aliphatic carbocycles. The van der Waals surface area contributed by atoms with Crippen molar-refractivity contribution in [3.8, 4) is 5.75 Å². The molecule has 6 nitrogen and oxygen atoms in total. The van der Waals surface area contributed by atoms with Crippen molar-refractivity contribution < 1.29 is 4.74 Å². The van der Waals surface area contributed by atoms with E-state index < -0.39 is 0 Å². The van der Waals surface area contributed by atoms with Gasteiger partial charge in [0, 0.05) is 29.8 Å². The molecule has 0 aliphatic rings. The smallest absolute Gasteiger partial charge is 0.191 e. The molecule has 1 unspecified atom stereocenters. The Morgan fingerprint density at radius 3 is 2.59 bits per heavy atom. The van der Waals surface area contributed by atoms with Gasteiger partial charge >= 0.3 is 0 Å². The van der Waals surface area contributed by atoms with E-state index in [1.54, 1.807) is 0 Å². The Balaban J connectivity index is 1.87. The summed E-state index contributed by atoms with van der Waals surface area (Å²) in [5.74, 6) is 1.66. The van der Waals surface area contributed by atoms with Gasteiger partial charge in [0.15, 0.2) is 5.96 Å². The third-order valence-corrected chi connectivity index (χ3v) is 4.87. The number of nitrogens with one attached hydrogen (secondary N) is 2. The average Bonchev–Trinajstić information content (AvgIpc) is 2.86. The molecule has 1 heterocycles. The average molecular weight is 436 g/mol. The number of halogens is 1. The number of ether oxygens (including phenoxy) is 1. The molecule has 0 fully saturated rings. The van der Waals surface area contributed by atoms with E-state index in [-0.39, 0.29) is 6.04 Å². The van der Waals surface area contributed by atoms with Crippen LogP contribution >= 0.6 is 15.9 Å². The Morgan fingerprint density at radius 2 is 2.00 bits per heavy atom. The Bertz CT molecular complexity index is 754. The van der Waals surface area contributed by atoms with Crippen LogP contribution in [0.1, 0.15) is 30.8 Å². The van der Waals surface area contributed by atoms with Gasteiger partial charge in [-0.25, -0.2) is 4.99 Å².